The van der Waals surface area contributed by atoms with E-state index < -0.39 is 22.0 Å². The van der Waals surface area contributed by atoms with Gasteiger partial charge in [-0.2, -0.15) is 0 Å². The fourth-order valence-corrected chi connectivity index (χ4v) is 3.54. The van der Waals surface area contributed by atoms with Crippen LogP contribution in [-0.4, -0.2) is 24.7 Å². The molecule has 21 heavy (non-hydrogen) atoms. The van der Waals surface area contributed by atoms with Crippen LogP contribution in [0.5, 0.6) is 0 Å². The Balaban J connectivity index is 1.97. The first-order valence-corrected chi connectivity index (χ1v) is 7.50. The Bertz CT molecular complexity index is 831. The monoisotopic (exact) mass is 302 g/mol. The fourth-order valence-electron chi connectivity index (χ4n) is 2.08. The van der Waals surface area contributed by atoms with E-state index in [1.54, 1.807) is 36.4 Å². The molecule has 0 saturated carbocycles. The van der Waals surface area contributed by atoms with Gasteiger partial charge in [0.1, 0.15) is 4.90 Å². The number of benzene rings is 2. The molecular weight excluding hydrogens is 292 g/mol. The Morgan fingerprint density at radius 3 is 2.24 bits per heavy atom. The Morgan fingerprint density at radius 2 is 1.57 bits per heavy atom. The zero-order valence-electron chi connectivity index (χ0n) is 10.7. The van der Waals surface area contributed by atoms with Crippen molar-refractivity contribution in [2.75, 3.05) is 5.32 Å². The Labute approximate surface area is 121 Å². The van der Waals surface area contributed by atoms with Crippen molar-refractivity contribution in [2.24, 2.45) is 0 Å². The number of amides is 3. The van der Waals surface area contributed by atoms with Gasteiger partial charge < -0.3 is 5.32 Å². The lowest BCUT2D eigenvalue weighted by Gasteiger charge is -2.14. The standard InChI is InChI=1S/C14H10N2O4S/c17-13-11-8-4-5-9-12(11)21(19,20)16(13)14(18)15-10-6-2-1-3-7-10/h1-9H,(H,15,18). The second kappa shape index (κ2) is 4.71. The number of rotatable bonds is 1. The number of para-hydroxylation sites is 1. The van der Waals surface area contributed by atoms with Crippen LogP contribution in [0, 0.1) is 0 Å². The second-order valence-electron chi connectivity index (χ2n) is 4.37. The zero-order chi connectivity index (χ0) is 15.0. The summed E-state index contributed by atoms with van der Waals surface area (Å²) in [6, 6.07) is 13.0. The number of fused-ring (bicyclic) bond motifs is 1. The van der Waals surface area contributed by atoms with E-state index in [1.807, 2.05) is 0 Å². The van der Waals surface area contributed by atoms with E-state index in [1.165, 1.54) is 18.2 Å². The molecule has 7 heteroatoms. The molecule has 3 amide bonds. The van der Waals surface area contributed by atoms with Gasteiger partial charge in [-0.3, -0.25) is 4.79 Å². The van der Waals surface area contributed by atoms with Gasteiger partial charge in [-0.25, -0.2) is 13.2 Å². The highest BCUT2D eigenvalue weighted by molar-refractivity contribution is 7.90. The lowest BCUT2D eigenvalue weighted by atomic mass is 10.2. The summed E-state index contributed by atoms with van der Waals surface area (Å²) in [5, 5.41) is 2.39. The number of anilines is 1. The quantitative estimate of drug-likeness (QED) is 0.874. The molecule has 0 aliphatic carbocycles. The normalized spacial score (nSPS) is 15.6. The van der Waals surface area contributed by atoms with Crippen molar-refractivity contribution in [1.29, 1.82) is 0 Å². The van der Waals surface area contributed by atoms with Gasteiger partial charge in [-0.15, -0.1) is 4.31 Å². The minimum absolute atomic E-state index is 0.000659. The number of nitrogens with one attached hydrogen (secondary N) is 1. The summed E-state index contributed by atoms with van der Waals surface area (Å²) >= 11 is 0. The third kappa shape index (κ3) is 2.07. The smallest absolute Gasteiger partial charge is 0.307 e. The molecule has 0 bridgehead atoms. The van der Waals surface area contributed by atoms with Crippen molar-refractivity contribution in [3.05, 3.63) is 60.2 Å². The first-order chi connectivity index (χ1) is 10.0. The second-order valence-corrected chi connectivity index (χ2v) is 6.12. The minimum atomic E-state index is -4.14. The van der Waals surface area contributed by atoms with E-state index in [9.17, 15) is 18.0 Å². The molecule has 0 aromatic heterocycles. The van der Waals surface area contributed by atoms with E-state index in [4.69, 9.17) is 0 Å². The topological polar surface area (TPSA) is 83.6 Å². The number of hydrogen-bond donors (Lipinski definition) is 1. The molecule has 0 fully saturated rings. The summed E-state index contributed by atoms with van der Waals surface area (Å²) in [5.41, 5.74) is 0.405. The van der Waals surface area contributed by atoms with Crippen LogP contribution in [0.15, 0.2) is 59.5 Å². The third-order valence-electron chi connectivity index (χ3n) is 3.03. The predicted molar refractivity (Wildman–Crippen MR) is 75.3 cm³/mol. The van der Waals surface area contributed by atoms with Crippen LogP contribution in [0.1, 0.15) is 10.4 Å². The van der Waals surface area contributed by atoms with Crippen LogP contribution < -0.4 is 5.32 Å². The van der Waals surface area contributed by atoms with Gasteiger partial charge >= 0.3 is 6.03 Å². The van der Waals surface area contributed by atoms with Gasteiger partial charge in [0.2, 0.25) is 0 Å². The summed E-state index contributed by atoms with van der Waals surface area (Å²) in [7, 11) is -4.14. The molecule has 2 aromatic carbocycles. The Hall–Kier alpha value is -2.67. The number of hydrogen-bond acceptors (Lipinski definition) is 4. The molecular formula is C14H10N2O4S. The highest BCUT2D eigenvalue weighted by Crippen LogP contribution is 2.30. The van der Waals surface area contributed by atoms with Crippen molar-refractivity contribution in [3.8, 4) is 0 Å². The molecule has 0 atom stereocenters. The lowest BCUT2D eigenvalue weighted by molar-refractivity contribution is 0.0900. The molecule has 0 saturated heterocycles. The summed E-state index contributed by atoms with van der Waals surface area (Å²) in [6.45, 7) is 0. The van der Waals surface area contributed by atoms with E-state index in [-0.39, 0.29) is 14.8 Å². The maximum Gasteiger partial charge on any atom is 0.343 e. The number of imide groups is 1. The molecule has 0 radical (unpaired) electrons. The minimum Gasteiger partial charge on any atom is -0.307 e. The third-order valence-corrected chi connectivity index (χ3v) is 4.75. The van der Waals surface area contributed by atoms with Crippen molar-refractivity contribution < 1.29 is 18.0 Å². The summed E-state index contributed by atoms with van der Waals surface area (Å²) in [5.74, 6) is -0.848. The van der Waals surface area contributed by atoms with Crippen LogP contribution >= 0.6 is 0 Å². The lowest BCUT2D eigenvalue weighted by Crippen LogP contribution is -2.39. The van der Waals surface area contributed by atoms with Crippen molar-refractivity contribution in [1.82, 2.24) is 4.31 Å². The molecule has 1 aliphatic rings. The van der Waals surface area contributed by atoms with Gasteiger partial charge in [0.15, 0.2) is 0 Å². The molecule has 0 unspecified atom stereocenters. The molecule has 6 nitrogen and oxygen atoms in total. The highest BCUT2D eigenvalue weighted by Gasteiger charge is 2.45. The molecule has 1 aliphatic heterocycles. The van der Waals surface area contributed by atoms with Crippen LogP contribution in [-0.2, 0) is 10.0 Å². The number of nitrogens with zero attached hydrogens (tertiary/aromatic N) is 1. The Morgan fingerprint density at radius 1 is 0.952 bits per heavy atom. The van der Waals surface area contributed by atoms with Crippen molar-refractivity contribution in [3.63, 3.8) is 0 Å². The van der Waals surface area contributed by atoms with Gasteiger partial charge in [-0.1, -0.05) is 30.3 Å². The maximum absolute atomic E-state index is 12.3. The molecule has 1 heterocycles. The molecule has 2 aromatic rings. The molecule has 1 N–H and O–H groups in total. The SMILES string of the molecule is O=C(Nc1ccccc1)N1C(=O)c2ccccc2S1(=O)=O. The number of carbonyl (C=O) groups is 2. The first kappa shape index (κ1) is 13.3. The van der Waals surface area contributed by atoms with Crippen molar-refractivity contribution in [2.45, 2.75) is 4.90 Å². The van der Waals surface area contributed by atoms with Gasteiger partial charge in [0.25, 0.3) is 15.9 Å². The molecule has 0 spiro atoms. The highest BCUT2D eigenvalue weighted by atomic mass is 32.2. The summed E-state index contributed by atoms with van der Waals surface area (Å²) < 4.78 is 24.8. The molecule has 3 rings (SSSR count). The predicted octanol–water partition coefficient (Wildman–Crippen LogP) is 2.06. The van der Waals surface area contributed by atoms with E-state index in [2.05, 4.69) is 5.32 Å². The summed E-state index contributed by atoms with van der Waals surface area (Å²) in [6.07, 6.45) is 0. The van der Waals surface area contributed by atoms with E-state index in [0.29, 0.717) is 5.69 Å². The zero-order valence-corrected chi connectivity index (χ0v) is 11.5. The van der Waals surface area contributed by atoms with Crippen LogP contribution in [0.25, 0.3) is 0 Å². The average molecular weight is 302 g/mol. The molecule has 106 valence electrons. The Kier molecular flexibility index (Phi) is 2.99. The number of sulfonamides is 1. The number of urea groups is 1. The van der Waals surface area contributed by atoms with Crippen LogP contribution in [0.4, 0.5) is 10.5 Å². The maximum atomic E-state index is 12.3. The van der Waals surface area contributed by atoms with E-state index >= 15 is 0 Å². The van der Waals surface area contributed by atoms with Crippen LogP contribution in [0.2, 0.25) is 0 Å². The van der Waals surface area contributed by atoms with Gasteiger partial charge in [0.05, 0.1) is 5.56 Å². The number of carbonyl (C=O) groups excluding carboxylic acids is 2. The van der Waals surface area contributed by atoms with Crippen molar-refractivity contribution >= 4 is 27.6 Å². The first-order valence-electron chi connectivity index (χ1n) is 6.06. The van der Waals surface area contributed by atoms with Gasteiger partial charge in [0, 0.05) is 5.69 Å². The largest absolute Gasteiger partial charge is 0.343 e. The average Bonchev–Trinajstić information content (AvgIpc) is 2.68. The van der Waals surface area contributed by atoms with E-state index in [0.717, 1.165) is 0 Å². The van der Waals surface area contributed by atoms with Gasteiger partial charge in [-0.05, 0) is 24.3 Å². The van der Waals surface area contributed by atoms with Crippen LogP contribution in [0.3, 0.4) is 0 Å². The summed E-state index contributed by atoms with van der Waals surface area (Å²) in [4.78, 5) is 24.1. The fraction of sp³-hybridized carbons (Fsp3) is 0.